The summed E-state index contributed by atoms with van der Waals surface area (Å²) in [7, 11) is -5.16. The molecule has 0 heterocycles. The van der Waals surface area contributed by atoms with Gasteiger partial charge < -0.3 is 10.2 Å². The molecule has 0 radical (unpaired) electrons. The van der Waals surface area contributed by atoms with Gasteiger partial charge in [0, 0.05) is 31.8 Å². The van der Waals surface area contributed by atoms with Gasteiger partial charge in [-0.05, 0) is 36.4 Å². The van der Waals surface area contributed by atoms with Gasteiger partial charge in [-0.15, -0.1) is 0 Å². The van der Waals surface area contributed by atoms with Crippen LogP contribution in [0.25, 0.3) is 0 Å². The predicted molar refractivity (Wildman–Crippen MR) is 114 cm³/mol. The fourth-order valence-electron chi connectivity index (χ4n) is 3.22. The second-order valence-corrected chi connectivity index (χ2v) is 9.30. The van der Waals surface area contributed by atoms with Crippen molar-refractivity contribution < 1.29 is 23.2 Å². The Morgan fingerprint density at radius 1 is 0.724 bits per heavy atom. The normalized spacial score (nSPS) is 13.8. The molecule has 0 aliphatic heterocycles. The van der Waals surface area contributed by atoms with E-state index >= 15 is 0 Å². The molecule has 29 heavy (non-hydrogen) atoms. The molecule has 3 aromatic carbocycles. The highest BCUT2D eigenvalue weighted by atomic mass is 35.5. The average Bonchev–Trinajstić information content (AvgIpc) is 2.62. The number of phenolic OH excluding ortho intramolecular Hbond substituents is 2. The van der Waals surface area contributed by atoms with Gasteiger partial charge in [-0.25, -0.2) is 0 Å². The van der Waals surface area contributed by atoms with E-state index in [1.807, 2.05) is 0 Å². The molecule has 0 spiro atoms. The van der Waals surface area contributed by atoms with Gasteiger partial charge in [0.2, 0.25) is 0 Å². The minimum atomic E-state index is -5.16. The van der Waals surface area contributed by atoms with Gasteiger partial charge in [0.05, 0.1) is 5.02 Å². The molecule has 10 heteroatoms. The van der Waals surface area contributed by atoms with E-state index in [1.165, 1.54) is 36.4 Å². The van der Waals surface area contributed by atoms with E-state index in [0.717, 1.165) is 12.1 Å². The van der Waals surface area contributed by atoms with Crippen LogP contribution in [0.15, 0.2) is 54.6 Å². The van der Waals surface area contributed by atoms with Gasteiger partial charge in [-0.1, -0.05) is 64.6 Å². The van der Waals surface area contributed by atoms with Crippen LogP contribution in [0, 0.1) is 0 Å². The first-order valence-electron chi connectivity index (χ1n) is 7.89. The predicted octanol–water partition coefficient (Wildman–Crippen LogP) is 5.89. The smallest absolute Gasteiger partial charge is 0.283 e. The summed E-state index contributed by atoms with van der Waals surface area (Å²) in [5.74, 6) is -0.995. The van der Waals surface area contributed by atoms with E-state index in [-0.39, 0.29) is 37.0 Å². The van der Waals surface area contributed by atoms with Gasteiger partial charge in [-0.2, -0.15) is 8.42 Å². The van der Waals surface area contributed by atoms with Crippen molar-refractivity contribution >= 4 is 56.5 Å². The average molecular weight is 494 g/mol. The molecule has 152 valence electrons. The van der Waals surface area contributed by atoms with Crippen molar-refractivity contribution in [3.05, 3.63) is 91.4 Å². The van der Waals surface area contributed by atoms with Crippen LogP contribution >= 0.6 is 46.4 Å². The summed E-state index contributed by atoms with van der Waals surface area (Å²) in [4.78, 5) is 0. The number of halogens is 4. The van der Waals surface area contributed by atoms with E-state index in [0.29, 0.717) is 0 Å². The summed E-state index contributed by atoms with van der Waals surface area (Å²) >= 11 is 24.7. The maximum Gasteiger partial charge on any atom is 0.283 e. The molecule has 0 saturated carbocycles. The minimum Gasteiger partial charge on any atom is -0.508 e. The Bertz CT molecular complexity index is 1210. The molecule has 0 aromatic heterocycles. The standard InChI is InChI=1S/C19H12Cl4O5S/c20-10-7-14(18(25)17(23)8-10)19(29(26,27)28,12-3-1-2-4-15(12)21)13-9-11(24)5-6-16(13)22/h1-9,24-25H,(H,26,27,28). The Labute approximate surface area is 186 Å². The molecule has 0 bridgehead atoms. The molecule has 1 atom stereocenters. The SMILES string of the molecule is O=S(=O)(O)C(c1ccccc1Cl)(c1cc(O)ccc1Cl)c1cc(Cl)cc(Cl)c1O. The van der Waals surface area contributed by atoms with Gasteiger partial charge in [0.1, 0.15) is 11.5 Å². The molecule has 5 nitrogen and oxygen atoms in total. The summed E-state index contributed by atoms with van der Waals surface area (Å²) in [6.45, 7) is 0. The third kappa shape index (κ3) is 3.65. The maximum atomic E-state index is 13.0. The van der Waals surface area contributed by atoms with Crippen molar-refractivity contribution in [1.29, 1.82) is 0 Å². The lowest BCUT2D eigenvalue weighted by atomic mass is 9.83. The highest BCUT2D eigenvalue weighted by molar-refractivity contribution is 7.87. The minimum absolute atomic E-state index is 0.0147. The number of rotatable bonds is 4. The van der Waals surface area contributed by atoms with Crippen LogP contribution in [0.3, 0.4) is 0 Å². The van der Waals surface area contributed by atoms with E-state index < -0.39 is 26.2 Å². The molecule has 1 unspecified atom stereocenters. The summed E-state index contributed by atoms with van der Waals surface area (Å²) in [5.41, 5.74) is -0.785. The second-order valence-electron chi connectivity index (χ2n) is 6.08. The largest absolute Gasteiger partial charge is 0.508 e. The summed E-state index contributed by atoms with van der Waals surface area (Å²) < 4.78 is 34.0. The van der Waals surface area contributed by atoms with E-state index in [2.05, 4.69) is 0 Å². The highest BCUT2D eigenvalue weighted by Crippen LogP contribution is 2.53. The van der Waals surface area contributed by atoms with Crippen molar-refractivity contribution in [3.63, 3.8) is 0 Å². The van der Waals surface area contributed by atoms with Crippen LogP contribution < -0.4 is 0 Å². The Morgan fingerprint density at radius 2 is 1.34 bits per heavy atom. The highest BCUT2D eigenvalue weighted by Gasteiger charge is 2.52. The lowest BCUT2D eigenvalue weighted by Crippen LogP contribution is -2.39. The first-order valence-corrected chi connectivity index (χ1v) is 10.8. The molecule has 0 fully saturated rings. The van der Waals surface area contributed by atoms with Crippen LogP contribution in [0.5, 0.6) is 11.5 Å². The number of phenols is 2. The van der Waals surface area contributed by atoms with Gasteiger partial charge in [0.25, 0.3) is 10.1 Å². The molecule has 3 aromatic rings. The first kappa shape index (κ1) is 22.0. The Kier molecular flexibility index (Phi) is 5.98. The van der Waals surface area contributed by atoms with Crippen molar-refractivity contribution in [2.24, 2.45) is 0 Å². The summed E-state index contributed by atoms with van der Waals surface area (Å²) in [5, 5.41) is 20.2. The molecular weight excluding hydrogens is 482 g/mol. The monoisotopic (exact) mass is 492 g/mol. The molecule has 0 aliphatic carbocycles. The van der Waals surface area contributed by atoms with Crippen molar-refractivity contribution in [2.75, 3.05) is 0 Å². The molecule has 3 rings (SSSR count). The van der Waals surface area contributed by atoms with Crippen LogP contribution in [0.4, 0.5) is 0 Å². The number of benzene rings is 3. The van der Waals surface area contributed by atoms with Gasteiger partial charge in [0.15, 0.2) is 4.75 Å². The zero-order valence-corrected chi connectivity index (χ0v) is 18.1. The molecule has 0 amide bonds. The topological polar surface area (TPSA) is 94.8 Å². The van der Waals surface area contributed by atoms with E-state index in [9.17, 15) is 23.2 Å². The molecule has 3 N–H and O–H groups in total. The maximum absolute atomic E-state index is 13.0. The Balaban J connectivity index is 2.68. The van der Waals surface area contributed by atoms with Crippen molar-refractivity contribution in [2.45, 2.75) is 4.75 Å². The summed E-state index contributed by atoms with van der Waals surface area (Å²) in [6.07, 6.45) is 0. The lowest BCUT2D eigenvalue weighted by Gasteiger charge is -2.34. The molecule has 0 saturated heterocycles. The van der Waals surface area contributed by atoms with Crippen molar-refractivity contribution in [3.8, 4) is 11.5 Å². The van der Waals surface area contributed by atoms with Crippen LogP contribution in [-0.2, 0) is 14.9 Å². The van der Waals surface area contributed by atoms with E-state index in [4.69, 9.17) is 46.4 Å². The fraction of sp³-hybridized carbons (Fsp3) is 0.0526. The zero-order chi connectivity index (χ0) is 21.6. The number of hydrogen-bond donors (Lipinski definition) is 3. The van der Waals surface area contributed by atoms with Gasteiger partial charge >= 0.3 is 0 Å². The first-order chi connectivity index (χ1) is 13.5. The Hall–Kier alpha value is -1.67. The van der Waals surface area contributed by atoms with Crippen LogP contribution in [0.1, 0.15) is 16.7 Å². The lowest BCUT2D eigenvalue weighted by molar-refractivity contribution is 0.439. The molecule has 0 aliphatic rings. The summed E-state index contributed by atoms with van der Waals surface area (Å²) in [6, 6.07) is 11.6. The van der Waals surface area contributed by atoms with Crippen LogP contribution in [-0.4, -0.2) is 23.2 Å². The van der Waals surface area contributed by atoms with E-state index in [1.54, 1.807) is 6.07 Å². The van der Waals surface area contributed by atoms with Crippen LogP contribution in [0.2, 0.25) is 20.1 Å². The van der Waals surface area contributed by atoms with Gasteiger partial charge in [-0.3, -0.25) is 4.55 Å². The third-order valence-corrected chi connectivity index (χ3v) is 6.98. The number of aromatic hydroxyl groups is 2. The molecular formula is C19H12Cl4O5S. The second kappa shape index (κ2) is 7.87. The Morgan fingerprint density at radius 3 is 1.97 bits per heavy atom. The quantitative estimate of drug-likeness (QED) is 0.311. The fourth-order valence-corrected chi connectivity index (χ4v) is 5.69. The van der Waals surface area contributed by atoms with Crippen molar-refractivity contribution in [1.82, 2.24) is 0 Å². The third-order valence-electron chi connectivity index (χ3n) is 4.38. The zero-order valence-electron chi connectivity index (χ0n) is 14.3. The number of hydrogen-bond acceptors (Lipinski definition) is 4.